The summed E-state index contributed by atoms with van der Waals surface area (Å²) in [5.41, 5.74) is 0.360. The van der Waals surface area contributed by atoms with Crippen LogP contribution in [0.15, 0.2) is 24.3 Å². The number of anilines is 1. The molecule has 0 spiro atoms. The minimum Gasteiger partial charge on any atom is -0.481 e. The van der Waals surface area contributed by atoms with Crippen molar-refractivity contribution in [2.75, 3.05) is 11.7 Å². The second kappa shape index (κ2) is 6.27. The number of benzene rings is 1. The Labute approximate surface area is 135 Å². The molecule has 1 atom stereocenters. The monoisotopic (exact) mass is 352 g/mol. The van der Waals surface area contributed by atoms with Crippen LogP contribution in [-0.4, -0.2) is 28.4 Å². The highest BCUT2D eigenvalue weighted by Gasteiger charge is 2.39. The molecule has 2 amide bonds. The third-order valence-electron chi connectivity index (χ3n) is 2.50. The SMILES string of the molecule is CC(=O)N[C@@H](ON1C(=O)COc2ccccc21)C(Cl)(Cl)Cl. The molecule has 2 rings (SSSR count). The number of ether oxygens (including phenoxy) is 1. The molecular formula is C12H11Cl3N2O4. The fourth-order valence-electron chi connectivity index (χ4n) is 1.65. The molecule has 0 radical (unpaired) electrons. The Kier molecular flexibility index (Phi) is 4.83. The first kappa shape index (κ1) is 16.2. The zero-order valence-corrected chi connectivity index (χ0v) is 13.1. The number of carbonyl (C=O) groups excluding carboxylic acids is 2. The molecule has 1 heterocycles. The molecule has 1 aliphatic rings. The second-order valence-electron chi connectivity index (χ2n) is 4.17. The van der Waals surface area contributed by atoms with Gasteiger partial charge in [-0.1, -0.05) is 46.9 Å². The minimum atomic E-state index is -1.96. The summed E-state index contributed by atoms with van der Waals surface area (Å²) in [4.78, 5) is 28.5. The Morgan fingerprint density at radius 3 is 2.71 bits per heavy atom. The fraction of sp³-hybridized carbons (Fsp3) is 0.333. The Hall–Kier alpha value is -1.21. The predicted octanol–water partition coefficient (Wildman–Crippen LogP) is 2.18. The van der Waals surface area contributed by atoms with Gasteiger partial charge in [-0.2, -0.15) is 5.06 Å². The summed E-state index contributed by atoms with van der Waals surface area (Å²) in [6, 6.07) is 6.71. The summed E-state index contributed by atoms with van der Waals surface area (Å²) in [5, 5.41) is 3.27. The van der Waals surface area contributed by atoms with Crippen molar-refractivity contribution in [1.29, 1.82) is 0 Å². The van der Waals surface area contributed by atoms with Crippen molar-refractivity contribution in [3.63, 3.8) is 0 Å². The number of nitrogens with zero attached hydrogens (tertiary/aromatic N) is 1. The van der Waals surface area contributed by atoms with Crippen molar-refractivity contribution in [2.45, 2.75) is 16.9 Å². The normalized spacial score (nSPS) is 16.0. The van der Waals surface area contributed by atoms with Crippen molar-refractivity contribution in [3.05, 3.63) is 24.3 Å². The topological polar surface area (TPSA) is 67.9 Å². The van der Waals surface area contributed by atoms with Gasteiger partial charge >= 0.3 is 0 Å². The smallest absolute Gasteiger partial charge is 0.288 e. The minimum absolute atomic E-state index is 0.219. The van der Waals surface area contributed by atoms with Gasteiger partial charge in [-0.15, -0.1) is 0 Å². The van der Waals surface area contributed by atoms with Crippen molar-refractivity contribution in [3.8, 4) is 5.75 Å². The maximum absolute atomic E-state index is 11.9. The van der Waals surface area contributed by atoms with E-state index < -0.39 is 21.8 Å². The molecule has 9 heteroatoms. The van der Waals surface area contributed by atoms with Gasteiger partial charge in [-0.05, 0) is 12.1 Å². The summed E-state index contributed by atoms with van der Waals surface area (Å²) in [6.45, 7) is 1.02. The molecular weight excluding hydrogens is 343 g/mol. The van der Waals surface area contributed by atoms with Crippen LogP contribution in [0, 0.1) is 0 Å². The summed E-state index contributed by atoms with van der Waals surface area (Å²) >= 11 is 17.3. The van der Waals surface area contributed by atoms with Crippen LogP contribution in [0.5, 0.6) is 5.75 Å². The number of carbonyl (C=O) groups is 2. The molecule has 1 aromatic rings. The number of amides is 2. The summed E-state index contributed by atoms with van der Waals surface area (Å²) in [6.07, 6.45) is -1.34. The van der Waals surface area contributed by atoms with E-state index in [4.69, 9.17) is 44.4 Å². The van der Waals surface area contributed by atoms with Crippen molar-refractivity contribution < 1.29 is 19.2 Å². The molecule has 114 valence electrons. The van der Waals surface area contributed by atoms with Crippen LogP contribution in [0.4, 0.5) is 5.69 Å². The maximum atomic E-state index is 11.9. The number of rotatable bonds is 3. The van der Waals surface area contributed by atoms with E-state index in [1.807, 2.05) is 0 Å². The lowest BCUT2D eigenvalue weighted by Crippen LogP contribution is -2.51. The Morgan fingerprint density at radius 1 is 1.43 bits per heavy atom. The third-order valence-corrected chi connectivity index (χ3v) is 3.10. The highest BCUT2D eigenvalue weighted by molar-refractivity contribution is 6.68. The summed E-state index contributed by atoms with van der Waals surface area (Å²) < 4.78 is 3.30. The molecule has 21 heavy (non-hydrogen) atoms. The van der Waals surface area contributed by atoms with Gasteiger partial charge in [0.25, 0.3) is 5.91 Å². The molecule has 1 N–H and O–H groups in total. The lowest BCUT2D eigenvalue weighted by Gasteiger charge is -2.33. The highest BCUT2D eigenvalue weighted by atomic mass is 35.6. The van der Waals surface area contributed by atoms with Crippen molar-refractivity contribution in [1.82, 2.24) is 5.32 Å². The van der Waals surface area contributed by atoms with Gasteiger partial charge in [0.2, 0.25) is 15.9 Å². The molecule has 0 saturated carbocycles. The van der Waals surface area contributed by atoms with Gasteiger partial charge in [0.1, 0.15) is 11.4 Å². The molecule has 0 saturated heterocycles. The Morgan fingerprint density at radius 2 is 2.10 bits per heavy atom. The number of hydrogen-bond acceptors (Lipinski definition) is 4. The van der Waals surface area contributed by atoms with Crippen LogP contribution in [0.2, 0.25) is 0 Å². The predicted molar refractivity (Wildman–Crippen MR) is 78.4 cm³/mol. The van der Waals surface area contributed by atoms with Gasteiger partial charge in [0, 0.05) is 6.92 Å². The highest BCUT2D eigenvalue weighted by Crippen LogP contribution is 2.36. The first-order valence-corrected chi connectivity index (χ1v) is 6.98. The standard InChI is InChI=1S/C12H11Cl3N2O4/c1-7(18)16-11(12(13,14)15)21-17-8-4-2-3-5-9(8)20-6-10(17)19/h2-5,11H,6H2,1H3,(H,16,18)/t11-/m0/s1. The van der Waals surface area contributed by atoms with Crippen LogP contribution in [0.25, 0.3) is 0 Å². The molecule has 1 aliphatic heterocycles. The maximum Gasteiger partial charge on any atom is 0.288 e. The first-order valence-electron chi connectivity index (χ1n) is 5.84. The van der Waals surface area contributed by atoms with Gasteiger partial charge in [-0.3, -0.25) is 9.59 Å². The van der Waals surface area contributed by atoms with Crippen LogP contribution in [0.3, 0.4) is 0 Å². The van der Waals surface area contributed by atoms with E-state index in [1.54, 1.807) is 24.3 Å². The zero-order valence-electron chi connectivity index (χ0n) is 10.8. The number of alkyl halides is 3. The second-order valence-corrected chi connectivity index (χ2v) is 6.54. The quantitative estimate of drug-likeness (QED) is 0.668. The third kappa shape index (κ3) is 3.91. The van der Waals surface area contributed by atoms with E-state index in [2.05, 4.69) is 5.32 Å². The van der Waals surface area contributed by atoms with Crippen LogP contribution < -0.4 is 15.1 Å². The Bertz CT molecular complexity index is 562. The fourth-order valence-corrected chi connectivity index (χ4v) is 1.94. The Balaban J connectivity index is 2.27. The number of nitrogens with one attached hydrogen (secondary N) is 1. The molecule has 0 unspecified atom stereocenters. The molecule has 0 fully saturated rings. The van der Waals surface area contributed by atoms with Gasteiger partial charge < -0.3 is 10.1 Å². The molecule has 0 aromatic heterocycles. The van der Waals surface area contributed by atoms with E-state index in [1.165, 1.54) is 6.92 Å². The van der Waals surface area contributed by atoms with E-state index in [0.29, 0.717) is 11.4 Å². The first-order chi connectivity index (χ1) is 9.79. The van der Waals surface area contributed by atoms with Gasteiger partial charge in [-0.25, -0.2) is 4.84 Å². The average molecular weight is 354 g/mol. The summed E-state index contributed by atoms with van der Waals surface area (Å²) in [7, 11) is 0. The number of hydroxylamine groups is 1. The lowest BCUT2D eigenvalue weighted by molar-refractivity contribution is -0.136. The van der Waals surface area contributed by atoms with Crippen molar-refractivity contribution >= 4 is 52.3 Å². The molecule has 6 nitrogen and oxygen atoms in total. The van der Waals surface area contributed by atoms with E-state index >= 15 is 0 Å². The van der Waals surface area contributed by atoms with E-state index in [0.717, 1.165) is 5.06 Å². The number of para-hydroxylation sites is 2. The molecule has 0 aliphatic carbocycles. The van der Waals surface area contributed by atoms with Gasteiger partial charge in [0.05, 0.1) is 0 Å². The largest absolute Gasteiger partial charge is 0.481 e. The molecule has 0 bridgehead atoms. The van der Waals surface area contributed by atoms with E-state index in [-0.39, 0.29) is 6.61 Å². The number of fused-ring (bicyclic) bond motifs is 1. The van der Waals surface area contributed by atoms with Crippen LogP contribution >= 0.6 is 34.8 Å². The van der Waals surface area contributed by atoms with Crippen LogP contribution in [-0.2, 0) is 14.4 Å². The van der Waals surface area contributed by atoms with Gasteiger partial charge in [0.15, 0.2) is 6.61 Å². The summed E-state index contributed by atoms with van der Waals surface area (Å²) in [5.74, 6) is -0.512. The number of halogens is 3. The lowest BCUT2D eigenvalue weighted by atomic mass is 10.2. The number of hydrogen-bond donors (Lipinski definition) is 1. The average Bonchev–Trinajstić information content (AvgIpc) is 2.39. The zero-order chi connectivity index (χ0) is 15.6. The van der Waals surface area contributed by atoms with E-state index in [9.17, 15) is 9.59 Å². The van der Waals surface area contributed by atoms with Crippen molar-refractivity contribution in [2.24, 2.45) is 0 Å². The molecule has 1 aromatic carbocycles. The van der Waals surface area contributed by atoms with Crippen LogP contribution in [0.1, 0.15) is 6.92 Å².